The number of benzene rings is 2. The molecule has 10 rings (SSSR count). The number of rotatable bonds is 16. The van der Waals surface area contributed by atoms with E-state index < -0.39 is 11.2 Å². The van der Waals surface area contributed by atoms with E-state index in [1.165, 1.54) is 0 Å². The van der Waals surface area contributed by atoms with Gasteiger partial charge in [-0.05, 0) is 114 Å². The number of fused-ring (bicyclic) bond motifs is 2. The lowest BCUT2D eigenvalue weighted by molar-refractivity contribution is -0.0393. The minimum absolute atomic E-state index is 0.182. The van der Waals surface area contributed by atoms with Crippen LogP contribution in [0, 0.1) is 0 Å². The molecule has 4 amide bonds. The Kier molecular flexibility index (Phi) is 17.1. The van der Waals surface area contributed by atoms with Crippen molar-refractivity contribution in [2.24, 2.45) is 0 Å². The van der Waals surface area contributed by atoms with Crippen LogP contribution in [0.1, 0.15) is 76.9 Å². The molecule has 0 unspecified atom stereocenters. The second-order valence-corrected chi connectivity index (χ2v) is 19.4. The molecule has 4 N–H and O–H groups in total. The Bertz CT molecular complexity index is 2710. The van der Waals surface area contributed by atoms with Gasteiger partial charge in [0, 0.05) is 97.4 Å². The fraction of sp³-hybridized carbons (Fsp3) is 0.429. The Balaban J connectivity index is 0.000000186. The summed E-state index contributed by atoms with van der Waals surface area (Å²) in [5.74, 6) is 4.57. The van der Waals surface area contributed by atoms with E-state index >= 15 is 0 Å². The SMILES string of the molecule is CCNC(=O)Nc1ccc(-c2nc(N3CCOC[C@@H]3C)c3c(n2)[C@@](C)(CCOc2ccncc2)OC3)cc1.CCNC(=O)Nc1ccc(-c2nc(N3CCOC[C@@H]3C)c3c(n2)[C@](C)(CCOc2ccncc2)OC3)cc1. The summed E-state index contributed by atoms with van der Waals surface area (Å²) in [7, 11) is 0. The highest BCUT2D eigenvalue weighted by atomic mass is 16.5. The lowest BCUT2D eigenvalue weighted by Gasteiger charge is -2.35. The van der Waals surface area contributed by atoms with Crippen LogP contribution in [0.25, 0.3) is 22.8 Å². The molecule has 400 valence electrons. The van der Waals surface area contributed by atoms with Gasteiger partial charge in [-0.2, -0.15) is 0 Å². The molecule has 4 atom stereocenters. The fourth-order valence-corrected chi connectivity index (χ4v) is 9.56. The predicted molar refractivity (Wildman–Crippen MR) is 289 cm³/mol. The molecule has 2 fully saturated rings. The number of carbonyl (C=O) groups is 2. The second-order valence-electron chi connectivity index (χ2n) is 19.4. The number of ether oxygens (including phenoxy) is 6. The molecule has 0 radical (unpaired) electrons. The standard InChI is InChI=1S/2C28H34N6O4/c2*1-4-30-27(35)31-21-7-5-20(6-8-21)25-32-24-23(26(33-25)34-14-16-36-17-19(34)2)18-38-28(24,3)11-15-37-22-9-12-29-13-10-22/h2*5-10,12-13,19H,4,11,14-18H2,1-3H3,(H2,30,31,35)/t19-,28+;19-,28-/m00/s1. The van der Waals surface area contributed by atoms with Gasteiger partial charge in [0.15, 0.2) is 11.6 Å². The minimum atomic E-state index is -0.621. The highest BCUT2D eigenvalue weighted by Gasteiger charge is 2.43. The zero-order valence-electron chi connectivity index (χ0n) is 44.1. The second kappa shape index (κ2) is 24.4. The first kappa shape index (κ1) is 53.3. The number of amides is 4. The monoisotopic (exact) mass is 1040 g/mol. The number of pyridine rings is 2. The van der Waals surface area contributed by atoms with E-state index in [-0.39, 0.29) is 24.1 Å². The molecule has 20 nitrogen and oxygen atoms in total. The topological polar surface area (TPSA) is 221 Å². The van der Waals surface area contributed by atoms with E-state index in [0.717, 1.165) is 69.9 Å². The maximum Gasteiger partial charge on any atom is 0.319 e. The van der Waals surface area contributed by atoms with Crippen molar-refractivity contribution < 1.29 is 38.0 Å². The van der Waals surface area contributed by atoms with Crippen LogP contribution in [0.3, 0.4) is 0 Å². The molecular formula is C56H68N12O8. The molecule has 20 heteroatoms. The van der Waals surface area contributed by atoms with Gasteiger partial charge in [-0.1, -0.05) is 0 Å². The van der Waals surface area contributed by atoms with Crippen LogP contribution in [0.5, 0.6) is 11.5 Å². The van der Waals surface area contributed by atoms with Crippen LogP contribution >= 0.6 is 0 Å². The van der Waals surface area contributed by atoms with Gasteiger partial charge in [0.25, 0.3) is 0 Å². The number of aromatic nitrogens is 6. The molecule has 76 heavy (non-hydrogen) atoms. The molecule has 4 aromatic heterocycles. The van der Waals surface area contributed by atoms with Crippen LogP contribution < -0.4 is 40.5 Å². The molecule has 2 saturated heterocycles. The lowest BCUT2D eigenvalue weighted by atomic mass is 9.96. The van der Waals surface area contributed by atoms with Crippen molar-refractivity contribution in [3.63, 3.8) is 0 Å². The van der Waals surface area contributed by atoms with Crippen molar-refractivity contribution in [3.05, 3.63) is 120 Å². The van der Waals surface area contributed by atoms with E-state index in [0.29, 0.717) is 102 Å². The van der Waals surface area contributed by atoms with Crippen molar-refractivity contribution in [1.82, 2.24) is 40.5 Å². The van der Waals surface area contributed by atoms with Gasteiger partial charge in [-0.25, -0.2) is 29.5 Å². The summed E-state index contributed by atoms with van der Waals surface area (Å²) in [6.45, 7) is 19.2. The van der Waals surface area contributed by atoms with Gasteiger partial charge >= 0.3 is 12.1 Å². The van der Waals surface area contributed by atoms with E-state index in [1.807, 2.05) is 86.6 Å². The van der Waals surface area contributed by atoms with Crippen molar-refractivity contribution >= 4 is 35.1 Å². The van der Waals surface area contributed by atoms with E-state index in [2.05, 4.69) is 68.7 Å². The number of nitrogens with zero attached hydrogens (tertiary/aromatic N) is 8. The Morgan fingerprint density at radius 2 is 0.987 bits per heavy atom. The molecule has 8 heterocycles. The number of urea groups is 2. The number of nitrogens with one attached hydrogen (secondary N) is 4. The van der Waals surface area contributed by atoms with E-state index in [9.17, 15) is 9.59 Å². The average Bonchev–Trinajstić information content (AvgIpc) is 3.97. The van der Waals surface area contributed by atoms with Crippen LogP contribution in [-0.4, -0.2) is 120 Å². The third-order valence-electron chi connectivity index (χ3n) is 13.8. The van der Waals surface area contributed by atoms with Gasteiger partial charge < -0.3 is 59.5 Å². The summed E-state index contributed by atoms with van der Waals surface area (Å²) < 4.78 is 36.1. The Hall–Kier alpha value is -7.52. The quantitative estimate of drug-likeness (QED) is 0.0717. The number of hydrogen-bond donors (Lipinski definition) is 4. The van der Waals surface area contributed by atoms with Crippen molar-refractivity contribution in [2.45, 2.75) is 90.9 Å². The van der Waals surface area contributed by atoms with Gasteiger partial charge in [0.2, 0.25) is 0 Å². The van der Waals surface area contributed by atoms with Crippen LogP contribution in [0.4, 0.5) is 32.6 Å². The zero-order chi connectivity index (χ0) is 53.1. The zero-order valence-corrected chi connectivity index (χ0v) is 44.1. The molecule has 6 aromatic rings. The first-order valence-corrected chi connectivity index (χ1v) is 26.1. The number of anilines is 4. The first-order valence-electron chi connectivity index (χ1n) is 26.1. The smallest absolute Gasteiger partial charge is 0.319 e. The van der Waals surface area contributed by atoms with Crippen LogP contribution in [0.2, 0.25) is 0 Å². The van der Waals surface area contributed by atoms with Gasteiger partial charge in [0.1, 0.15) is 34.3 Å². The van der Waals surface area contributed by atoms with Crippen LogP contribution in [-0.2, 0) is 43.4 Å². The summed E-state index contributed by atoms with van der Waals surface area (Å²) in [4.78, 5) is 56.7. The highest BCUT2D eigenvalue weighted by molar-refractivity contribution is 5.90. The normalized spacial score (nSPS) is 20.6. The Morgan fingerprint density at radius 1 is 0.592 bits per heavy atom. The molecule has 0 spiro atoms. The first-order chi connectivity index (χ1) is 36.9. The third kappa shape index (κ3) is 12.6. The van der Waals surface area contributed by atoms with Crippen molar-refractivity contribution in [3.8, 4) is 34.3 Å². The predicted octanol–water partition coefficient (Wildman–Crippen LogP) is 8.24. The van der Waals surface area contributed by atoms with Crippen LogP contribution in [0.15, 0.2) is 97.6 Å². The number of hydrogen-bond acceptors (Lipinski definition) is 16. The number of carbonyl (C=O) groups excluding carboxylic acids is 2. The van der Waals surface area contributed by atoms with Crippen molar-refractivity contribution in [2.75, 3.05) is 86.3 Å². The molecular weight excluding hydrogens is 969 g/mol. The molecule has 4 aliphatic heterocycles. The third-order valence-corrected chi connectivity index (χ3v) is 13.8. The maximum atomic E-state index is 11.9. The van der Waals surface area contributed by atoms with Crippen molar-refractivity contribution in [1.29, 1.82) is 0 Å². The van der Waals surface area contributed by atoms with Gasteiger partial charge in [-0.3, -0.25) is 9.97 Å². The fourth-order valence-electron chi connectivity index (χ4n) is 9.56. The number of morpholine rings is 2. The molecule has 0 bridgehead atoms. The summed E-state index contributed by atoms with van der Waals surface area (Å²) in [5, 5.41) is 11.1. The summed E-state index contributed by atoms with van der Waals surface area (Å²) >= 11 is 0. The molecule has 4 aliphatic rings. The Morgan fingerprint density at radius 3 is 1.36 bits per heavy atom. The largest absolute Gasteiger partial charge is 0.493 e. The lowest BCUT2D eigenvalue weighted by Crippen LogP contribution is -2.44. The average molecular weight is 1040 g/mol. The highest BCUT2D eigenvalue weighted by Crippen LogP contribution is 2.45. The summed E-state index contributed by atoms with van der Waals surface area (Å²) in [5.41, 5.74) is 5.68. The van der Waals surface area contributed by atoms with Gasteiger partial charge in [-0.15, -0.1) is 0 Å². The minimum Gasteiger partial charge on any atom is -0.493 e. The summed E-state index contributed by atoms with van der Waals surface area (Å²) in [6, 6.07) is 22.4. The Labute approximate surface area is 443 Å². The molecule has 0 aliphatic carbocycles. The summed E-state index contributed by atoms with van der Waals surface area (Å²) in [6.07, 6.45) is 8.11. The maximum absolute atomic E-state index is 11.9. The van der Waals surface area contributed by atoms with E-state index in [4.69, 9.17) is 48.4 Å². The van der Waals surface area contributed by atoms with Gasteiger partial charge in [0.05, 0.1) is 76.3 Å². The molecule has 2 aromatic carbocycles. The molecule has 0 saturated carbocycles. The van der Waals surface area contributed by atoms with E-state index in [1.54, 1.807) is 24.8 Å².